The second-order valence-corrected chi connectivity index (χ2v) is 6.26. The van der Waals surface area contributed by atoms with E-state index in [9.17, 15) is 0 Å². The summed E-state index contributed by atoms with van der Waals surface area (Å²) in [6.45, 7) is 0.822. The van der Waals surface area contributed by atoms with Crippen LogP contribution in [0.5, 0.6) is 0 Å². The van der Waals surface area contributed by atoms with E-state index in [1.54, 1.807) is 0 Å². The fourth-order valence-corrected chi connectivity index (χ4v) is 2.84. The molecule has 0 spiro atoms. The van der Waals surface area contributed by atoms with Crippen LogP contribution in [0.25, 0.3) is 0 Å². The van der Waals surface area contributed by atoms with E-state index in [1.807, 2.05) is 42.7 Å². The van der Waals surface area contributed by atoms with E-state index in [4.69, 9.17) is 11.6 Å². The van der Waals surface area contributed by atoms with Crippen molar-refractivity contribution in [1.82, 2.24) is 9.55 Å². The van der Waals surface area contributed by atoms with Crippen molar-refractivity contribution in [2.24, 2.45) is 0 Å². The predicted octanol–water partition coefficient (Wildman–Crippen LogP) is 4.94. The van der Waals surface area contributed by atoms with Gasteiger partial charge in [-0.2, -0.15) is 0 Å². The summed E-state index contributed by atoms with van der Waals surface area (Å²) in [4.78, 5) is 4.47. The van der Waals surface area contributed by atoms with Gasteiger partial charge < -0.3 is 4.57 Å². The summed E-state index contributed by atoms with van der Waals surface area (Å²) in [6, 6.07) is 16.3. The highest BCUT2D eigenvalue weighted by Gasteiger charge is 2.05. The molecule has 1 heterocycles. The molecule has 2 nitrogen and oxygen atoms in total. The molecular formula is C17H14BrClN2. The normalized spacial score (nSPS) is 10.8. The lowest BCUT2D eigenvalue weighted by Crippen LogP contribution is -2.05. The van der Waals surface area contributed by atoms with Crippen LogP contribution in [-0.2, 0) is 13.0 Å². The number of hydrogen-bond donors (Lipinski definition) is 0. The molecule has 0 aliphatic carbocycles. The number of halogens is 2. The molecule has 0 N–H and O–H groups in total. The van der Waals surface area contributed by atoms with Crippen molar-refractivity contribution in [2.45, 2.75) is 13.0 Å². The Morgan fingerprint density at radius 2 is 1.86 bits per heavy atom. The van der Waals surface area contributed by atoms with Crippen molar-refractivity contribution in [2.75, 3.05) is 0 Å². The summed E-state index contributed by atoms with van der Waals surface area (Å²) in [5.74, 6) is 1.05. The van der Waals surface area contributed by atoms with Crippen molar-refractivity contribution in [3.8, 4) is 0 Å². The van der Waals surface area contributed by atoms with Crippen LogP contribution in [0.3, 0.4) is 0 Å². The molecule has 0 radical (unpaired) electrons. The molecule has 4 heteroatoms. The Hall–Kier alpha value is -1.58. The van der Waals surface area contributed by atoms with Crippen LogP contribution in [0, 0.1) is 0 Å². The Balaban J connectivity index is 1.79. The van der Waals surface area contributed by atoms with Crippen molar-refractivity contribution in [3.63, 3.8) is 0 Å². The third kappa shape index (κ3) is 3.74. The van der Waals surface area contributed by atoms with E-state index < -0.39 is 0 Å². The minimum absolute atomic E-state index is 0.760. The number of nitrogens with zero attached hydrogens (tertiary/aromatic N) is 2. The first-order valence-electron chi connectivity index (χ1n) is 6.69. The summed E-state index contributed by atoms with van der Waals surface area (Å²) in [5, 5.41) is 0.760. The molecular weight excluding hydrogens is 348 g/mol. The zero-order valence-corrected chi connectivity index (χ0v) is 13.7. The molecule has 0 atom stereocenters. The molecule has 0 saturated heterocycles. The van der Waals surface area contributed by atoms with Crippen molar-refractivity contribution >= 4 is 27.5 Å². The van der Waals surface area contributed by atoms with Crippen LogP contribution in [0.1, 0.15) is 17.0 Å². The van der Waals surface area contributed by atoms with E-state index in [-0.39, 0.29) is 0 Å². The van der Waals surface area contributed by atoms with Crippen LogP contribution in [0.4, 0.5) is 0 Å². The summed E-state index contributed by atoms with van der Waals surface area (Å²) in [7, 11) is 0. The Kier molecular flexibility index (Phi) is 4.42. The molecule has 3 aromatic rings. The van der Waals surface area contributed by atoms with E-state index in [2.05, 4.69) is 43.7 Å². The van der Waals surface area contributed by atoms with E-state index >= 15 is 0 Å². The molecule has 0 amide bonds. The minimum Gasteiger partial charge on any atom is -0.330 e. The van der Waals surface area contributed by atoms with Gasteiger partial charge in [0.25, 0.3) is 0 Å². The van der Waals surface area contributed by atoms with Gasteiger partial charge in [-0.3, -0.25) is 0 Å². The van der Waals surface area contributed by atoms with Gasteiger partial charge in [0.1, 0.15) is 5.82 Å². The van der Waals surface area contributed by atoms with E-state index in [1.165, 1.54) is 11.1 Å². The summed E-state index contributed by atoms with van der Waals surface area (Å²) >= 11 is 9.43. The summed E-state index contributed by atoms with van der Waals surface area (Å²) < 4.78 is 3.27. The topological polar surface area (TPSA) is 17.8 Å². The monoisotopic (exact) mass is 360 g/mol. The lowest BCUT2D eigenvalue weighted by Gasteiger charge is -2.08. The summed E-state index contributed by atoms with van der Waals surface area (Å²) in [6.07, 6.45) is 4.67. The van der Waals surface area contributed by atoms with Crippen LogP contribution in [-0.4, -0.2) is 9.55 Å². The molecule has 2 aromatic carbocycles. The zero-order chi connectivity index (χ0) is 14.7. The second kappa shape index (κ2) is 6.46. The van der Waals surface area contributed by atoms with Gasteiger partial charge in [0.2, 0.25) is 0 Å². The first kappa shape index (κ1) is 14.4. The van der Waals surface area contributed by atoms with Crippen LogP contribution in [0.2, 0.25) is 5.02 Å². The summed E-state index contributed by atoms with van der Waals surface area (Å²) in [5.41, 5.74) is 2.46. The van der Waals surface area contributed by atoms with Gasteiger partial charge in [-0.15, -0.1) is 0 Å². The number of benzene rings is 2. The second-order valence-electron chi connectivity index (χ2n) is 4.90. The molecule has 0 aliphatic rings. The predicted molar refractivity (Wildman–Crippen MR) is 89.7 cm³/mol. The molecule has 0 fully saturated rings. The van der Waals surface area contributed by atoms with E-state index in [0.717, 1.165) is 28.3 Å². The van der Waals surface area contributed by atoms with Crippen LogP contribution in [0.15, 0.2) is 65.4 Å². The van der Waals surface area contributed by atoms with Crippen molar-refractivity contribution < 1.29 is 0 Å². The lowest BCUT2D eigenvalue weighted by atomic mass is 10.1. The number of aromatic nitrogens is 2. The quantitative estimate of drug-likeness (QED) is 0.643. The third-order valence-corrected chi connectivity index (χ3v) is 4.06. The van der Waals surface area contributed by atoms with Crippen LogP contribution >= 0.6 is 27.5 Å². The smallest absolute Gasteiger partial charge is 0.113 e. The zero-order valence-electron chi connectivity index (χ0n) is 11.3. The maximum absolute atomic E-state index is 5.92. The molecule has 0 unspecified atom stereocenters. The molecule has 0 aliphatic heterocycles. The fraction of sp³-hybridized carbons (Fsp3) is 0.118. The molecule has 0 saturated carbocycles. The number of imidazole rings is 1. The maximum atomic E-state index is 5.92. The average molecular weight is 362 g/mol. The highest BCUT2D eigenvalue weighted by molar-refractivity contribution is 9.10. The first-order valence-corrected chi connectivity index (χ1v) is 7.87. The lowest BCUT2D eigenvalue weighted by molar-refractivity contribution is 0.740. The average Bonchev–Trinajstić information content (AvgIpc) is 2.89. The van der Waals surface area contributed by atoms with Gasteiger partial charge in [-0.25, -0.2) is 4.98 Å². The maximum Gasteiger partial charge on any atom is 0.113 e. The standard InChI is InChI=1S/C17H14BrClN2/c18-15-3-1-2-14(10-15)12-21-9-8-20-17(21)11-13-4-6-16(19)7-5-13/h1-10H,11-12H2. The minimum atomic E-state index is 0.760. The first-order chi connectivity index (χ1) is 10.2. The van der Waals surface area contributed by atoms with Crippen LogP contribution < -0.4 is 0 Å². The van der Waals surface area contributed by atoms with Crippen molar-refractivity contribution in [1.29, 1.82) is 0 Å². The van der Waals surface area contributed by atoms with Gasteiger partial charge in [-0.1, -0.05) is 51.8 Å². The highest BCUT2D eigenvalue weighted by Crippen LogP contribution is 2.16. The third-order valence-electron chi connectivity index (χ3n) is 3.32. The van der Waals surface area contributed by atoms with Crippen molar-refractivity contribution in [3.05, 3.63) is 87.4 Å². The Morgan fingerprint density at radius 3 is 2.62 bits per heavy atom. The van der Waals surface area contributed by atoms with Gasteiger partial charge in [-0.05, 0) is 35.4 Å². The Bertz CT molecular complexity index is 735. The Labute approximate surface area is 137 Å². The molecule has 3 rings (SSSR count). The fourth-order valence-electron chi connectivity index (χ4n) is 2.27. The molecule has 21 heavy (non-hydrogen) atoms. The number of rotatable bonds is 4. The largest absolute Gasteiger partial charge is 0.330 e. The van der Waals surface area contributed by atoms with Gasteiger partial charge >= 0.3 is 0 Å². The van der Waals surface area contributed by atoms with E-state index in [0.29, 0.717) is 0 Å². The van der Waals surface area contributed by atoms with Gasteiger partial charge in [0.05, 0.1) is 0 Å². The molecule has 1 aromatic heterocycles. The SMILES string of the molecule is Clc1ccc(Cc2nccn2Cc2cccc(Br)c2)cc1. The Morgan fingerprint density at radius 1 is 1.05 bits per heavy atom. The molecule has 0 bridgehead atoms. The van der Waals surface area contributed by atoms with Gasteiger partial charge in [0, 0.05) is 34.9 Å². The molecule has 106 valence electrons. The van der Waals surface area contributed by atoms with Gasteiger partial charge in [0.15, 0.2) is 0 Å². The number of hydrogen-bond acceptors (Lipinski definition) is 1. The highest BCUT2D eigenvalue weighted by atomic mass is 79.9.